The van der Waals surface area contributed by atoms with Gasteiger partial charge in [0.1, 0.15) is 36.1 Å². The van der Waals surface area contributed by atoms with Crippen molar-refractivity contribution in [3.8, 4) is 28.7 Å². The molecule has 0 unspecified atom stereocenters. The van der Waals surface area contributed by atoms with Crippen molar-refractivity contribution in [1.29, 1.82) is 5.26 Å². The SMILES string of the molecule is Cc1ccc2c(c1)C[C@@H](NCc1cc(Cl)c(O[C@H]3CCc4c(-c5ccccc5F)cccc43)cc1OCc1cncc(C#N)c1)CC2. The van der Waals surface area contributed by atoms with E-state index in [1.54, 1.807) is 18.3 Å². The molecule has 0 amide bonds. The lowest BCUT2D eigenvalue weighted by molar-refractivity contribution is 0.206. The van der Waals surface area contributed by atoms with Crippen molar-refractivity contribution in [2.75, 3.05) is 0 Å². The van der Waals surface area contributed by atoms with Crippen molar-refractivity contribution in [3.63, 3.8) is 0 Å². The Morgan fingerprint density at radius 3 is 2.68 bits per heavy atom. The van der Waals surface area contributed by atoms with Gasteiger partial charge in [0.15, 0.2) is 0 Å². The van der Waals surface area contributed by atoms with E-state index < -0.39 is 0 Å². The highest BCUT2D eigenvalue weighted by Crippen LogP contribution is 2.43. The molecule has 2 aliphatic rings. The fourth-order valence-electron chi connectivity index (χ4n) is 6.87. The Bertz CT molecular complexity index is 1990. The molecule has 0 radical (unpaired) electrons. The van der Waals surface area contributed by atoms with Gasteiger partial charge in [-0.05, 0) is 85.0 Å². The molecule has 1 N–H and O–H groups in total. The van der Waals surface area contributed by atoms with Gasteiger partial charge in [-0.1, -0.05) is 71.8 Å². The van der Waals surface area contributed by atoms with E-state index in [1.807, 2.05) is 36.4 Å². The van der Waals surface area contributed by atoms with Crippen LogP contribution in [0.2, 0.25) is 5.02 Å². The lowest BCUT2D eigenvalue weighted by Gasteiger charge is -2.26. The second-order valence-corrected chi connectivity index (χ2v) is 12.9. The Morgan fingerprint density at radius 1 is 0.936 bits per heavy atom. The van der Waals surface area contributed by atoms with Crippen LogP contribution in [0.15, 0.2) is 91.3 Å². The number of hydrogen-bond acceptors (Lipinski definition) is 5. The molecule has 0 saturated heterocycles. The number of nitrogens with one attached hydrogen (secondary N) is 1. The van der Waals surface area contributed by atoms with Gasteiger partial charge in [0.05, 0.1) is 10.6 Å². The first kappa shape index (κ1) is 30.9. The quantitative estimate of drug-likeness (QED) is 0.174. The molecule has 2 atom stereocenters. The zero-order valence-electron chi connectivity index (χ0n) is 26.2. The van der Waals surface area contributed by atoms with E-state index >= 15 is 0 Å². The summed E-state index contributed by atoms with van der Waals surface area (Å²) in [6.07, 6.45) is 7.63. The third-order valence-corrected chi connectivity index (χ3v) is 9.55. The number of nitriles is 1. The molecular weight excluding hydrogens is 609 g/mol. The number of halogens is 2. The Labute approximate surface area is 280 Å². The normalized spacial score (nSPS) is 16.6. The van der Waals surface area contributed by atoms with Crippen LogP contribution in [0.3, 0.4) is 0 Å². The average Bonchev–Trinajstić information content (AvgIpc) is 3.50. The number of ether oxygens (including phenoxy) is 2. The van der Waals surface area contributed by atoms with Crippen LogP contribution in [-0.4, -0.2) is 11.0 Å². The number of benzene rings is 4. The van der Waals surface area contributed by atoms with Crippen LogP contribution in [0.25, 0.3) is 11.1 Å². The Hall–Kier alpha value is -4.70. The van der Waals surface area contributed by atoms with E-state index in [-0.39, 0.29) is 18.5 Å². The number of pyridine rings is 1. The largest absolute Gasteiger partial charge is 0.488 e. The summed E-state index contributed by atoms with van der Waals surface area (Å²) in [5, 5.41) is 13.6. The van der Waals surface area contributed by atoms with Crippen molar-refractivity contribution in [2.24, 2.45) is 0 Å². The van der Waals surface area contributed by atoms with E-state index in [2.05, 4.69) is 47.6 Å². The second-order valence-electron chi connectivity index (χ2n) is 12.5. The molecule has 0 bridgehead atoms. The maximum Gasteiger partial charge on any atom is 0.142 e. The molecule has 7 heteroatoms. The fraction of sp³-hybridized carbons (Fsp3) is 0.250. The molecule has 0 aliphatic heterocycles. The molecule has 0 spiro atoms. The molecule has 7 rings (SSSR count). The smallest absolute Gasteiger partial charge is 0.142 e. The van der Waals surface area contributed by atoms with Gasteiger partial charge in [-0.3, -0.25) is 4.98 Å². The summed E-state index contributed by atoms with van der Waals surface area (Å²) >= 11 is 6.91. The lowest BCUT2D eigenvalue weighted by atomic mass is 9.87. The van der Waals surface area contributed by atoms with Crippen molar-refractivity contribution >= 4 is 11.6 Å². The first-order valence-corrected chi connectivity index (χ1v) is 16.5. The van der Waals surface area contributed by atoms with Crippen molar-refractivity contribution in [1.82, 2.24) is 10.3 Å². The minimum absolute atomic E-state index is 0.228. The monoisotopic (exact) mass is 643 g/mol. The minimum atomic E-state index is -0.234. The molecule has 1 aromatic heterocycles. The van der Waals surface area contributed by atoms with Gasteiger partial charge >= 0.3 is 0 Å². The standard InChI is InChI=1S/C40H35ClFN3O2/c1-25-9-10-28-11-12-31(17-29(28)15-25)45-23-30-18-36(41)40(19-39(30)46-24-27-16-26(20-43)21-44-22-27)47-38-14-13-33-32(6-4-7-35(33)38)34-5-2-3-8-37(34)42/h2-10,15-16,18-19,21-22,31,38,45H,11-14,17,23-24H2,1H3/t31-,38-/m0/s1. The van der Waals surface area contributed by atoms with Gasteiger partial charge in [-0.15, -0.1) is 0 Å². The summed E-state index contributed by atoms with van der Waals surface area (Å²) in [7, 11) is 0. The van der Waals surface area contributed by atoms with Crippen LogP contribution < -0.4 is 14.8 Å². The average molecular weight is 644 g/mol. The summed E-state index contributed by atoms with van der Waals surface area (Å²) in [5.41, 5.74) is 9.98. The van der Waals surface area contributed by atoms with Crippen LogP contribution in [0.4, 0.5) is 4.39 Å². The lowest BCUT2D eigenvalue weighted by Crippen LogP contribution is -2.34. The molecule has 5 aromatic rings. The molecule has 0 saturated carbocycles. The first-order valence-electron chi connectivity index (χ1n) is 16.1. The first-order chi connectivity index (χ1) is 22.9. The van der Waals surface area contributed by atoms with Crippen LogP contribution in [0, 0.1) is 24.1 Å². The molecule has 2 aliphatic carbocycles. The summed E-state index contributed by atoms with van der Waals surface area (Å²) in [4.78, 5) is 4.18. The second kappa shape index (κ2) is 13.6. The van der Waals surface area contributed by atoms with Gasteiger partial charge in [0, 0.05) is 47.7 Å². The number of aromatic nitrogens is 1. The Kier molecular flexibility index (Phi) is 8.93. The highest BCUT2D eigenvalue weighted by molar-refractivity contribution is 6.32. The summed E-state index contributed by atoms with van der Waals surface area (Å²) in [5.74, 6) is 0.956. The highest BCUT2D eigenvalue weighted by atomic mass is 35.5. The Balaban J connectivity index is 1.14. The van der Waals surface area contributed by atoms with Crippen LogP contribution >= 0.6 is 11.6 Å². The van der Waals surface area contributed by atoms with Gasteiger partial charge in [-0.2, -0.15) is 5.26 Å². The maximum absolute atomic E-state index is 14.7. The van der Waals surface area contributed by atoms with Gasteiger partial charge < -0.3 is 14.8 Å². The zero-order chi connectivity index (χ0) is 32.3. The third-order valence-electron chi connectivity index (χ3n) is 9.25. The highest BCUT2D eigenvalue weighted by Gasteiger charge is 2.28. The summed E-state index contributed by atoms with van der Waals surface area (Å²) in [6, 6.07) is 27.7. The van der Waals surface area contributed by atoms with Crippen LogP contribution in [0.1, 0.15) is 63.5 Å². The predicted octanol–water partition coefficient (Wildman–Crippen LogP) is 9.01. The number of nitrogens with zero attached hydrogens (tertiary/aromatic N) is 2. The van der Waals surface area contributed by atoms with E-state index in [9.17, 15) is 9.65 Å². The zero-order valence-corrected chi connectivity index (χ0v) is 27.0. The van der Waals surface area contributed by atoms with Crippen molar-refractivity contribution in [2.45, 2.75) is 64.3 Å². The number of aryl methyl sites for hydroxylation is 2. The summed E-state index contributed by atoms with van der Waals surface area (Å²) < 4.78 is 27.7. The van der Waals surface area contributed by atoms with E-state index in [1.165, 1.54) is 29.0 Å². The minimum Gasteiger partial charge on any atom is -0.488 e. The van der Waals surface area contributed by atoms with Gasteiger partial charge in [0.25, 0.3) is 0 Å². The Morgan fingerprint density at radius 2 is 1.81 bits per heavy atom. The number of hydrogen-bond donors (Lipinski definition) is 1. The van der Waals surface area contributed by atoms with Gasteiger partial charge in [0.2, 0.25) is 0 Å². The molecule has 0 fully saturated rings. The van der Waals surface area contributed by atoms with Crippen molar-refractivity contribution < 1.29 is 13.9 Å². The molecule has 47 heavy (non-hydrogen) atoms. The molecule has 5 nitrogen and oxygen atoms in total. The number of fused-ring (bicyclic) bond motifs is 2. The van der Waals surface area contributed by atoms with Crippen LogP contribution in [0.5, 0.6) is 11.5 Å². The molecular formula is C40H35ClFN3O2. The van der Waals surface area contributed by atoms with E-state index in [4.69, 9.17) is 21.1 Å². The third kappa shape index (κ3) is 6.74. The van der Waals surface area contributed by atoms with E-state index in [0.29, 0.717) is 40.2 Å². The molecule has 1 heterocycles. The van der Waals surface area contributed by atoms with E-state index in [0.717, 1.165) is 59.9 Å². The maximum atomic E-state index is 14.7. The topological polar surface area (TPSA) is 67.2 Å². The summed E-state index contributed by atoms with van der Waals surface area (Å²) in [6.45, 7) is 2.96. The number of rotatable bonds is 9. The molecule has 4 aromatic carbocycles. The van der Waals surface area contributed by atoms with Crippen molar-refractivity contribution in [3.05, 3.63) is 147 Å². The van der Waals surface area contributed by atoms with Gasteiger partial charge in [-0.25, -0.2) is 4.39 Å². The van der Waals surface area contributed by atoms with Crippen LogP contribution in [-0.2, 0) is 32.4 Å². The molecule has 236 valence electrons. The fourth-order valence-corrected chi connectivity index (χ4v) is 7.10. The predicted molar refractivity (Wildman–Crippen MR) is 182 cm³/mol.